The highest BCUT2D eigenvalue weighted by atomic mass is 16.5. The van der Waals surface area contributed by atoms with Gasteiger partial charge in [0.05, 0.1) is 6.10 Å². The molecule has 2 fully saturated rings. The maximum Gasteiger partial charge on any atom is 0.0700 e. The van der Waals surface area contributed by atoms with Crippen LogP contribution in [0.4, 0.5) is 0 Å². The van der Waals surface area contributed by atoms with Crippen molar-refractivity contribution in [1.82, 2.24) is 5.32 Å². The molecule has 100 valence electrons. The molecule has 1 saturated heterocycles. The molecule has 0 bridgehead atoms. The highest BCUT2D eigenvalue weighted by Crippen LogP contribution is 2.28. The van der Waals surface area contributed by atoms with Crippen molar-refractivity contribution in [2.75, 3.05) is 13.2 Å². The molecule has 0 spiro atoms. The smallest absolute Gasteiger partial charge is 0.0700 e. The molecule has 1 saturated carbocycles. The molecule has 0 aromatic carbocycles. The van der Waals surface area contributed by atoms with Crippen LogP contribution < -0.4 is 5.32 Å². The Morgan fingerprint density at radius 2 is 1.94 bits per heavy atom. The van der Waals surface area contributed by atoms with Crippen molar-refractivity contribution in [2.45, 2.75) is 70.9 Å². The summed E-state index contributed by atoms with van der Waals surface area (Å²) in [5.41, 5.74) is 0. The molecule has 17 heavy (non-hydrogen) atoms. The van der Waals surface area contributed by atoms with Crippen LogP contribution in [-0.4, -0.2) is 25.3 Å². The summed E-state index contributed by atoms with van der Waals surface area (Å²) in [5.74, 6) is 1.83. The minimum atomic E-state index is 0.499. The van der Waals surface area contributed by atoms with E-state index in [1.165, 1.54) is 44.9 Å². The van der Waals surface area contributed by atoms with Gasteiger partial charge < -0.3 is 10.1 Å². The Hall–Kier alpha value is -0.0800. The van der Waals surface area contributed by atoms with Gasteiger partial charge in [-0.3, -0.25) is 0 Å². The van der Waals surface area contributed by atoms with E-state index in [0.29, 0.717) is 6.10 Å². The Balaban J connectivity index is 1.67. The van der Waals surface area contributed by atoms with Crippen molar-refractivity contribution < 1.29 is 4.74 Å². The van der Waals surface area contributed by atoms with Gasteiger partial charge >= 0.3 is 0 Å². The standard InChI is InChI=1S/C15H29NO/c1-12(2)13-5-3-6-14(9-8-13)16-11-15-7-4-10-17-15/h12-16H,3-11H2,1-2H3. The summed E-state index contributed by atoms with van der Waals surface area (Å²) < 4.78 is 5.67. The van der Waals surface area contributed by atoms with Crippen LogP contribution >= 0.6 is 0 Å². The van der Waals surface area contributed by atoms with E-state index in [9.17, 15) is 0 Å². The highest BCUT2D eigenvalue weighted by molar-refractivity contribution is 4.78. The molecule has 2 aliphatic rings. The Morgan fingerprint density at radius 3 is 2.65 bits per heavy atom. The first kappa shape index (κ1) is 13.4. The molecular formula is C15H29NO. The number of rotatable bonds is 4. The van der Waals surface area contributed by atoms with Crippen molar-refractivity contribution in [3.63, 3.8) is 0 Å². The quantitative estimate of drug-likeness (QED) is 0.760. The van der Waals surface area contributed by atoms with Gasteiger partial charge in [0, 0.05) is 19.2 Å². The second-order valence-corrected chi connectivity index (χ2v) is 6.25. The van der Waals surface area contributed by atoms with Crippen LogP contribution in [0.5, 0.6) is 0 Å². The van der Waals surface area contributed by atoms with Gasteiger partial charge in [-0.15, -0.1) is 0 Å². The highest BCUT2D eigenvalue weighted by Gasteiger charge is 2.22. The first-order valence-corrected chi connectivity index (χ1v) is 7.60. The van der Waals surface area contributed by atoms with Gasteiger partial charge in [-0.25, -0.2) is 0 Å². The first-order valence-electron chi connectivity index (χ1n) is 7.60. The average Bonchev–Trinajstić information content (AvgIpc) is 2.70. The van der Waals surface area contributed by atoms with Crippen LogP contribution in [-0.2, 0) is 4.74 Å². The van der Waals surface area contributed by atoms with Crippen LogP contribution in [0.25, 0.3) is 0 Å². The Morgan fingerprint density at radius 1 is 1.06 bits per heavy atom. The minimum absolute atomic E-state index is 0.499. The second kappa shape index (κ2) is 6.75. The molecular weight excluding hydrogens is 210 g/mol. The summed E-state index contributed by atoms with van der Waals surface area (Å²) in [5, 5.41) is 3.74. The predicted molar refractivity (Wildman–Crippen MR) is 72.2 cm³/mol. The van der Waals surface area contributed by atoms with Crippen LogP contribution in [0.15, 0.2) is 0 Å². The van der Waals surface area contributed by atoms with Crippen LogP contribution in [0.3, 0.4) is 0 Å². The van der Waals surface area contributed by atoms with E-state index in [4.69, 9.17) is 4.74 Å². The van der Waals surface area contributed by atoms with Crippen molar-refractivity contribution in [1.29, 1.82) is 0 Å². The lowest BCUT2D eigenvalue weighted by atomic mass is 9.89. The third kappa shape index (κ3) is 4.26. The summed E-state index contributed by atoms with van der Waals surface area (Å²) in [6.07, 6.45) is 10.0. The fraction of sp³-hybridized carbons (Fsp3) is 1.00. The lowest BCUT2D eigenvalue weighted by Crippen LogP contribution is -2.35. The molecule has 0 amide bonds. The molecule has 3 unspecified atom stereocenters. The van der Waals surface area contributed by atoms with E-state index in [2.05, 4.69) is 19.2 Å². The van der Waals surface area contributed by atoms with Crippen LogP contribution in [0.2, 0.25) is 0 Å². The van der Waals surface area contributed by atoms with Crippen LogP contribution in [0.1, 0.15) is 58.8 Å². The van der Waals surface area contributed by atoms with Crippen molar-refractivity contribution >= 4 is 0 Å². The third-order valence-electron chi connectivity index (χ3n) is 4.61. The number of hydrogen-bond donors (Lipinski definition) is 1. The molecule has 1 N–H and O–H groups in total. The summed E-state index contributed by atoms with van der Waals surface area (Å²) in [6, 6.07) is 0.753. The maximum absolute atomic E-state index is 5.67. The van der Waals surface area contributed by atoms with E-state index in [1.54, 1.807) is 0 Å². The normalized spacial score (nSPS) is 35.1. The van der Waals surface area contributed by atoms with E-state index in [0.717, 1.165) is 31.0 Å². The summed E-state index contributed by atoms with van der Waals surface area (Å²) >= 11 is 0. The molecule has 2 rings (SSSR count). The van der Waals surface area contributed by atoms with Gasteiger partial charge in [-0.1, -0.05) is 26.7 Å². The number of nitrogens with one attached hydrogen (secondary N) is 1. The third-order valence-corrected chi connectivity index (χ3v) is 4.61. The zero-order valence-corrected chi connectivity index (χ0v) is 11.6. The van der Waals surface area contributed by atoms with Crippen molar-refractivity contribution in [2.24, 2.45) is 11.8 Å². The average molecular weight is 239 g/mol. The zero-order chi connectivity index (χ0) is 12.1. The van der Waals surface area contributed by atoms with Crippen molar-refractivity contribution in [3.8, 4) is 0 Å². The minimum Gasteiger partial charge on any atom is -0.377 e. The van der Waals surface area contributed by atoms with Gasteiger partial charge in [0.2, 0.25) is 0 Å². The van der Waals surface area contributed by atoms with E-state index >= 15 is 0 Å². The molecule has 1 aliphatic heterocycles. The molecule has 1 aliphatic carbocycles. The summed E-state index contributed by atoms with van der Waals surface area (Å²) in [7, 11) is 0. The molecule has 3 atom stereocenters. The van der Waals surface area contributed by atoms with E-state index < -0.39 is 0 Å². The molecule has 1 heterocycles. The Labute approximate surface area is 107 Å². The van der Waals surface area contributed by atoms with E-state index in [1.807, 2.05) is 0 Å². The van der Waals surface area contributed by atoms with Gasteiger partial charge in [0.25, 0.3) is 0 Å². The number of hydrogen-bond acceptors (Lipinski definition) is 2. The first-order chi connectivity index (χ1) is 8.25. The van der Waals surface area contributed by atoms with Gasteiger partial charge in [0.15, 0.2) is 0 Å². The van der Waals surface area contributed by atoms with Gasteiger partial charge in [0.1, 0.15) is 0 Å². The number of ether oxygens (including phenoxy) is 1. The summed E-state index contributed by atoms with van der Waals surface area (Å²) in [4.78, 5) is 0. The predicted octanol–water partition coefficient (Wildman–Crippen LogP) is 3.36. The molecule has 0 aromatic heterocycles. The van der Waals surface area contributed by atoms with Crippen molar-refractivity contribution in [3.05, 3.63) is 0 Å². The maximum atomic E-state index is 5.67. The largest absolute Gasteiger partial charge is 0.377 e. The van der Waals surface area contributed by atoms with Gasteiger partial charge in [-0.2, -0.15) is 0 Å². The SMILES string of the molecule is CC(C)C1CCCC(NCC2CCCO2)CC1. The fourth-order valence-electron chi connectivity index (χ4n) is 3.30. The lowest BCUT2D eigenvalue weighted by molar-refractivity contribution is 0.106. The van der Waals surface area contributed by atoms with Crippen LogP contribution in [0, 0.1) is 11.8 Å². The fourth-order valence-corrected chi connectivity index (χ4v) is 3.30. The molecule has 0 aromatic rings. The molecule has 2 heteroatoms. The molecule has 2 nitrogen and oxygen atoms in total. The Kier molecular flexibility index (Phi) is 5.30. The second-order valence-electron chi connectivity index (χ2n) is 6.25. The monoisotopic (exact) mass is 239 g/mol. The lowest BCUT2D eigenvalue weighted by Gasteiger charge is -2.20. The topological polar surface area (TPSA) is 21.3 Å². The van der Waals surface area contributed by atoms with Gasteiger partial charge in [-0.05, 0) is 43.9 Å². The van der Waals surface area contributed by atoms with E-state index in [-0.39, 0.29) is 0 Å². The zero-order valence-electron chi connectivity index (χ0n) is 11.6. The summed E-state index contributed by atoms with van der Waals surface area (Å²) in [6.45, 7) is 6.82. The Bertz CT molecular complexity index is 211. The molecule has 0 radical (unpaired) electrons.